The van der Waals surface area contributed by atoms with Crippen molar-refractivity contribution >= 4 is 68.3 Å². The van der Waals surface area contributed by atoms with Gasteiger partial charge in [0.1, 0.15) is 28.5 Å². The van der Waals surface area contributed by atoms with Crippen LogP contribution >= 0.6 is 0 Å². The number of nitrogens with zero attached hydrogens (tertiary/aromatic N) is 2. The van der Waals surface area contributed by atoms with Crippen molar-refractivity contribution in [3.63, 3.8) is 0 Å². The molecule has 286 valence electrons. The molecule has 58 heavy (non-hydrogen) atoms. The Labute approximate surface area is 327 Å². The van der Waals surface area contributed by atoms with E-state index in [0.29, 0.717) is 50.6 Å². The molecule has 3 heterocycles. The highest BCUT2D eigenvalue weighted by Crippen LogP contribution is 2.45. The number of benzene rings is 5. The van der Waals surface area contributed by atoms with Crippen LogP contribution in [-0.4, -0.2) is 56.6 Å². The predicted octanol–water partition coefficient (Wildman–Crippen LogP) is 7.59. The van der Waals surface area contributed by atoms with Crippen molar-refractivity contribution in [3.8, 4) is 28.2 Å². The number of methoxy groups -OCH3 is 1. The molecular weight excluding hydrogens is 745 g/mol. The Morgan fingerprint density at radius 1 is 0.759 bits per heavy atom. The van der Waals surface area contributed by atoms with Crippen molar-refractivity contribution in [3.05, 3.63) is 147 Å². The number of nitrogens with one attached hydrogen (secondary N) is 2. The second-order valence-corrected chi connectivity index (χ2v) is 13.2. The number of pyridine rings is 2. The normalized spacial score (nSPS) is 11.2. The van der Waals surface area contributed by atoms with Crippen LogP contribution < -0.4 is 16.1 Å². The van der Waals surface area contributed by atoms with Gasteiger partial charge in [-0.25, -0.2) is 24.4 Å². The fourth-order valence-electron chi connectivity index (χ4n) is 7.05. The van der Waals surface area contributed by atoms with Gasteiger partial charge in [0, 0.05) is 40.4 Å². The van der Waals surface area contributed by atoms with Gasteiger partial charge < -0.3 is 35.1 Å². The summed E-state index contributed by atoms with van der Waals surface area (Å²) < 4.78 is 11.8. The quantitative estimate of drug-likeness (QED) is 0.0486. The van der Waals surface area contributed by atoms with E-state index in [4.69, 9.17) is 9.15 Å². The van der Waals surface area contributed by atoms with E-state index in [1.807, 2.05) is 6.07 Å². The molecule has 0 saturated carbocycles. The van der Waals surface area contributed by atoms with Gasteiger partial charge in [-0.1, -0.05) is 36.4 Å². The minimum absolute atomic E-state index is 0.0313. The predicted molar refractivity (Wildman–Crippen MR) is 215 cm³/mol. The molecule has 2 aliphatic rings. The van der Waals surface area contributed by atoms with E-state index in [-0.39, 0.29) is 69.4 Å². The number of esters is 1. The van der Waals surface area contributed by atoms with Crippen LogP contribution in [0.25, 0.3) is 55.2 Å². The second-order valence-electron chi connectivity index (χ2n) is 13.2. The second kappa shape index (κ2) is 14.8. The van der Waals surface area contributed by atoms with Crippen LogP contribution in [-0.2, 0) is 17.8 Å². The molecule has 4 aromatic carbocycles. The zero-order valence-electron chi connectivity index (χ0n) is 30.4. The molecule has 5 N–H and O–H groups in total. The van der Waals surface area contributed by atoms with Gasteiger partial charge >= 0.3 is 17.9 Å². The van der Waals surface area contributed by atoms with Gasteiger partial charge in [-0.2, -0.15) is 0 Å². The molecule has 1 aliphatic heterocycles. The van der Waals surface area contributed by atoms with Crippen LogP contribution in [0, 0.1) is 0 Å². The average molecular weight is 775 g/mol. The van der Waals surface area contributed by atoms with Gasteiger partial charge in [-0.05, 0) is 72.3 Å². The largest absolute Gasteiger partial charge is 0.507 e. The molecule has 0 unspecified atom stereocenters. The van der Waals surface area contributed by atoms with Gasteiger partial charge in [0.15, 0.2) is 11.7 Å². The number of aromatic hydroxyl groups is 1. The molecule has 6 aromatic rings. The summed E-state index contributed by atoms with van der Waals surface area (Å²) in [6.07, 6.45) is 0.640. The number of para-hydroxylation sites is 2. The molecule has 0 saturated heterocycles. The van der Waals surface area contributed by atoms with E-state index < -0.39 is 23.3 Å². The summed E-state index contributed by atoms with van der Waals surface area (Å²) in [4.78, 5) is 71.5. The summed E-state index contributed by atoms with van der Waals surface area (Å²) in [7, 11) is 1.20. The van der Waals surface area contributed by atoms with Crippen LogP contribution in [0.4, 0.5) is 11.4 Å². The number of carboxylic acids is 2. The number of phenolic OH excluding ortho intramolecular Hbond substituents is 1. The number of hydrogen-bond donors (Lipinski definition) is 5. The van der Waals surface area contributed by atoms with E-state index in [9.17, 15) is 39.3 Å². The van der Waals surface area contributed by atoms with Gasteiger partial charge in [-0.3, -0.25) is 9.59 Å². The lowest BCUT2D eigenvalue weighted by Crippen LogP contribution is -2.16. The van der Waals surface area contributed by atoms with Crippen molar-refractivity contribution in [2.24, 2.45) is 0 Å². The van der Waals surface area contributed by atoms with E-state index in [1.54, 1.807) is 54.6 Å². The van der Waals surface area contributed by atoms with Crippen LogP contribution in [0.1, 0.15) is 52.8 Å². The Balaban J connectivity index is 1.35. The lowest BCUT2D eigenvalue weighted by atomic mass is 9.87. The number of fused-ring (bicyclic) bond motifs is 4. The monoisotopic (exact) mass is 774 g/mol. The summed E-state index contributed by atoms with van der Waals surface area (Å²) in [5.74, 6) is -3.33. The lowest BCUT2D eigenvalue weighted by Gasteiger charge is -2.21. The number of aromatic carboxylic acids is 2. The van der Waals surface area contributed by atoms with Crippen molar-refractivity contribution in [2.45, 2.75) is 13.1 Å². The number of carbonyl (C=O) groups excluding carboxylic acids is 2. The Morgan fingerprint density at radius 3 is 2.12 bits per heavy atom. The Hall–Kier alpha value is -8.13. The number of phenols is 1. The van der Waals surface area contributed by atoms with Crippen LogP contribution in [0.3, 0.4) is 0 Å². The fraction of sp³-hybridized carbons (Fsp3) is 0.0682. The molecule has 1 aliphatic carbocycles. The van der Waals surface area contributed by atoms with E-state index in [1.165, 1.54) is 49.6 Å². The number of aromatic nitrogens is 2. The van der Waals surface area contributed by atoms with Gasteiger partial charge in [0.05, 0.1) is 51.8 Å². The molecule has 0 bridgehead atoms. The first-order valence-corrected chi connectivity index (χ1v) is 17.7. The van der Waals surface area contributed by atoms with Gasteiger partial charge in [0.25, 0.3) is 0 Å². The molecule has 2 aromatic heterocycles. The fourth-order valence-corrected chi connectivity index (χ4v) is 7.05. The summed E-state index contributed by atoms with van der Waals surface area (Å²) in [6.45, 7) is -0.199. The maximum Gasteiger partial charge on any atom is 0.354 e. The zero-order valence-corrected chi connectivity index (χ0v) is 30.4. The SMILES string of the molecule is COC(=O)c1ccc(C(=O)O)cc1-c1c2ccc(=O)c(CNc3cccc4ccc(C(=O)O)nc34)c-2oc2c(CNc3cccc4ccc(C=O)nc34)c(O)ccc12. The Morgan fingerprint density at radius 2 is 1.45 bits per heavy atom. The standard InChI is InChI=1S/C44H30N4O10/c1-57-44(56)26-12-9-24(42(52)53)18-29(26)37-27-13-16-35(50)30(19-45-32-6-2-4-22-8-11-25(21-49)47-38(22)32)40(27)58-41-28(37)14-17-36(51)31(41)20-46-33-7-3-5-23-10-15-34(43(54)55)48-39(23)33/h2-18,21,45-46,50H,19-20H2,1H3,(H,52,53)(H,54,55). The number of carbonyl (C=O) groups is 4. The Bertz CT molecular complexity index is 3050. The first kappa shape index (κ1) is 36.8. The number of hydrogen-bond acceptors (Lipinski definition) is 12. The van der Waals surface area contributed by atoms with Crippen LogP contribution in [0.5, 0.6) is 5.75 Å². The highest BCUT2D eigenvalue weighted by Gasteiger charge is 2.28. The van der Waals surface area contributed by atoms with Gasteiger partial charge in [-0.15, -0.1) is 0 Å². The molecular formula is C44H30N4O10. The minimum Gasteiger partial charge on any atom is -0.507 e. The van der Waals surface area contributed by atoms with Gasteiger partial charge in [0.2, 0.25) is 0 Å². The number of aldehydes is 1. The smallest absolute Gasteiger partial charge is 0.354 e. The first-order valence-electron chi connectivity index (χ1n) is 17.7. The number of anilines is 2. The van der Waals surface area contributed by atoms with Crippen LogP contribution in [0.15, 0.2) is 112 Å². The Kier molecular flexibility index (Phi) is 9.42. The molecule has 0 atom stereocenters. The van der Waals surface area contributed by atoms with Crippen molar-refractivity contribution < 1.29 is 43.7 Å². The minimum atomic E-state index is -1.25. The molecule has 14 heteroatoms. The van der Waals surface area contributed by atoms with Crippen molar-refractivity contribution in [1.82, 2.24) is 9.97 Å². The number of rotatable bonds is 11. The molecule has 14 nitrogen and oxygen atoms in total. The third-order valence-electron chi connectivity index (χ3n) is 9.85. The number of ether oxygens (including phenoxy) is 1. The van der Waals surface area contributed by atoms with Crippen LogP contribution in [0.2, 0.25) is 0 Å². The van der Waals surface area contributed by atoms with E-state index >= 15 is 0 Å². The molecule has 0 fully saturated rings. The summed E-state index contributed by atoms with van der Waals surface area (Å²) in [6, 6.07) is 26.8. The first-order chi connectivity index (χ1) is 28.1. The maximum absolute atomic E-state index is 13.8. The maximum atomic E-state index is 13.8. The third kappa shape index (κ3) is 6.53. The summed E-state index contributed by atoms with van der Waals surface area (Å²) in [5, 5.41) is 39.3. The summed E-state index contributed by atoms with van der Waals surface area (Å²) in [5.41, 5.74) is 2.66. The number of carboxylic acid groups (broad SMARTS) is 2. The third-order valence-corrected chi connectivity index (χ3v) is 9.85. The highest BCUT2D eigenvalue weighted by atomic mass is 16.5. The topological polar surface area (TPSA) is 218 Å². The van der Waals surface area contributed by atoms with Crippen molar-refractivity contribution in [2.75, 3.05) is 17.7 Å². The zero-order chi connectivity index (χ0) is 40.7. The molecule has 0 spiro atoms. The molecule has 8 rings (SSSR count). The summed E-state index contributed by atoms with van der Waals surface area (Å²) >= 11 is 0. The molecule has 0 amide bonds. The average Bonchev–Trinajstić information content (AvgIpc) is 3.24. The molecule has 0 radical (unpaired) electrons. The van der Waals surface area contributed by atoms with E-state index in [2.05, 4.69) is 20.6 Å². The van der Waals surface area contributed by atoms with Crippen molar-refractivity contribution in [1.29, 1.82) is 0 Å². The van der Waals surface area contributed by atoms with E-state index in [0.717, 1.165) is 5.39 Å². The lowest BCUT2D eigenvalue weighted by molar-refractivity contribution is 0.0598. The highest BCUT2D eigenvalue weighted by molar-refractivity contribution is 6.10.